The number of halogens is 2. The van der Waals surface area contributed by atoms with E-state index in [1.54, 1.807) is 18.2 Å². The number of thioether (sulfide) groups is 1. The summed E-state index contributed by atoms with van der Waals surface area (Å²) in [7, 11) is 0. The molecule has 1 aromatic heterocycles. The molecule has 0 aliphatic rings. The molecule has 1 N–H and O–H groups in total. The Kier molecular flexibility index (Phi) is 8.47. The summed E-state index contributed by atoms with van der Waals surface area (Å²) in [5, 5.41) is 13.2. The lowest BCUT2D eigenvalue weighted by Crippen LogP contribution is -2.15. The van der Waals surface area contributed by atoms with Gasteiger partial charge in [-0.2, -0.15) is 0 Å². The molecule has 4 rings (SSSR count). The van der Waals surface area contributed by atoms with Crippen LogP contribution in [0, 0.1) is 0 Å². The van der Waals surface area contributed by atoms with Crippen LogP contribution >= 0.6 is 35.0 Å². The van der Waals surface area contributed by atoms with Crippen LogP contribution in [0.25, 0.3) is 17.1 Å². The van der Waals surface area contributed by atoms with Gasteiger partial charge in [-0.1, -0.05) is 80.0 Å². The average molecular weight is 556 g/mol. The first kappa shape index (κ1) is 27.0. The van der Waals surface area contributed by atoms with Crippen LogP contribution in [0.5, 0.6) is 5.75 Å². The highest BCUT2D eigenvalue weighted by atomic mass is 35.5. The zero-order valence-electron chi connectivity index (χ0n) is 21.1. The van der Waals surface area contributed by atoms with E-state index < -0.39 is 0 Å². The topological polar surface area (TPSA) is 69.0 Å². The molecule has 3 aromatic carbocycles. The third-order valence-electron chi connectivity index (χ3n) is 5.58. The number of benzene rings is 3. The second-order valence-corrected chi connectivity index (χ2v) is 11.1. The molecule has 0 aliphatic heterocycles. The van der Waals surface area contributed by atoms with Gasteiger partial charge in [0.05, 0.1) is 23.1 Å². The third kappa shape index (κ3) is 6.66. The van der Waals surface area contributed by atoms with Crippen molar-refractivity contribution in [2.75, 3.05) is 17.7 Å². The minimum atomic E-state index is -0.230. The SMILES string of the molecule is CCOc1ccc(-n2c(SCC(=O)Nc3cc(Cl)ccc3Cl)nnc2-c2ccc(C(C)(C)C)cc2)cc1. The molecule has 0 unspecified atom stereocenters. The highest BCUT2D eigenvalue weighted by molar-refractivity contribution is 7.99. The lowest BCUT2D eigenvalue weighted by Gasteiger charge is -2.19. The number of nitrogens with zero attached hydrogens (tertiary/aromatic N) is 3. The molecular formula is C28H28Cl2N4O2S. The maximum Gasteiger partial charge on any atom is 0.234 e. The van der Waals surface area contributed by atoms with E-state index in [1.807, 2.05) is 35.8 Å². The van der Waals surface area contributed by atoms with Gasteiger partial charge in [-0.15, -0.1) is 10.2 Å². The minimum absolute atomic E-state index is 0.0432. The van der Waals surface area contributed by atoms with Gasteiger partial charge in [0.1, 0.15) is 5.75 Å². The summed E-state index contributed by atoms with van der Waals surface area (Å²) in [6, 6.07) is 21.0. The van der Waals surface area contributed by atoms with Crippen LogP contribution in [0.1, 0.15) is 33.3 Å². The number of aromatic nitrogens is 3. The monoisotopic (exact) mass is 554 g/mol. The van der Waals surface area contributed by atoms with E-state index in [4.69, 9.17) is 27.9 Å². The van der Waals surface area contributed by atoms with Gasteiger partial charge < -0.3 is 10.1 Å². The number of rotatable bonds is 8. The van der Waals surface area contributed by atoms with Crippen molar-refractivity contribution < 1.29 is 9.53 Å². The second kappa shape index (κ2) is 11.6. The van der Waals surface area contributed by atoms with Crippen molar-refractivity contribution in [3.05, 3.63) is 82.3 Å². The Labute approximate surface area is 231 Å². The number of anilines is 1. The fraction of sp³-hybridized carbons (Fsp3) is 0.250. The second-order valence-electron chi connectivity index (χ2n) is 9.36. The van der Waals surface area contributed by atoms with Crippen molar-refractivity contribution in [1.82, 2.24) is 14.8 Å². The molecule has 0 aliphatic carbocycles. The van der Waals surface area contributed by atoms with E-state index in [0.717, 1.165) is 17.0 Å². The molecule has 0 spiro atoms. The molecule has 0 saturated carbocycles. The van der Waals surface area contributed by atoms with Crippen LogP contribution in [0.15, 0.2) is 71.9 Å². The molecule has 37 heavy (non-hydrogen) atoms. The molecule has 1 amide bonds. The van der Waals surface area contributed by atoms with Crippen molar-refractivity contribution >= 4 is 46.6 Å². The molecule has 4 aromatic rings. The lowest BCUT2D eigenvalue weighted by atomic mass is 9.87. The summed E-state index contributed by atoms with van der Waals surface area (Å²) in [4.78, 5) is 12.7. The Bertz CT molecular complexity index is 1380. The zero-order valence-corrected chi connectivity index (χ0v) is 23.4. The highest BCUT2D eigenvalue weighted by Crippen LogP contribution is 2.31. The summed E-state index contributed by atoms with van der Waals surface area (Å²) in [5.41, 5.74) is 3.53. The van der Waals surface area contributed by atoms with E-state index >= 15 is 0 Å². The zero-order chi connectivity index (χ0) is 26.6. The smallest absolute Gasteiger partial charge is 0.234 e. The summed E-state index contributed by atoms with van der Waals surface area (Å²) >= 11 is 13.5. The highest BCUT2D eigenvalue weighted by Gasteiger charge is 2.19. The maximum atomic E-state index is 12.7. The van der Waals surface area contributed by atoms with Gasteiger partial charge in [-0.3, -0.25) is 9.36 Å². The largest absolute Gasteiger partial charge is 0.494 e. The first-order chi connectivity index (χ1) is 17.7. The molecule has 0 bridgehead atoms. The van der Waals surface area contributed by atoms with Crippen molar-refractivity contribution in [2.24, 2.45) is 0 Å². The number of ether oxygens (including phenoxy) is 1. The van der Waals surface area contributed by atoms with Crippen LogP contribution in [0.3, 0.4) is 0 Å². The number of amides is 1. The first-order valence-electron chi connectivity index (χ1n) is 11.8. The Morgan fingerprint density at radius 3 is 2.35 bits per heavy atom. The van der Waals surface area contributed by atoms with Gasteiger partial charge in [0, 0.05) is 16.3 Å². The van der Waals surface area contributed by atoms with Crippen LogP contribution in [-0.2, 0) is 10.2 Å². The Morgan fingerprint density at radius 1 is 1.00 bits per heavy atom. The summed E-state index contributed by atoms with van der Waals surface area (Å²) in [6.45, 7) is 9.08. The average Bonchev–Trinajstić information content (AvgIpc) is 3.29. The lowest BCUT2D eigenvalue weighted by molar-refractivity contribution is -0.113. The van der Waals surface area contributed by atoms with Crippen LogP contribution < -0.4 is 10.1 Å². The van der Waals surface area contributed by atoms with E-state index in [2.05, 4.69) is 60.6 Å². The van der Waals surface area contributed by atoms with E-state index in [1.165, 1.54) is 17.3 Å². The van der Waals surface area contributed by atoms with Gasteiger partial charge in [0.2, 0.25) is 5.91 Å². The fourth-order valence-electron chi connectivity index (χ4n) is 3.67. The van der Waals surface area contributed by atoms with E-state index in [-0.39, 0.29) is 17.1 Å². The molecule has 0 saturated heterocycles. The molecular weight excluding hydrogens is 527 g/mol. The standard InChI is InChI=1S/C28H28Cl2N4O2S/c1-5-36-22-13-11-21(12-14-22)34-26(18-6-8-19(9-7-18)28(2,3)4)32-33-27(34)37-17-25(35)31-24-16-20(29)10-15-23(24)30/h6-16H,5,17H2,1-4H3,(H,31,35). The van der Waals surface area contributed by atoms with E-state index in [9.17, 15) is 4.79 Å². The van der Waals surface area contributed by atoms with Gasteiger partial charge in [0.25, 0.3) is 0 Å². The normalized spacial score (nSPS) is 11.4. The number of hydrogen-bond donors (Lipinski definition) is 1. The van der Waals surface area contributed by atoms with Crippen molar-refractivity contribution in [1.29, 1.82) is 0 Å². The van der Waals surface area contributed by atoms with Crippen molar-refractivity contribution in [2.45, 2.75) is 38.3 Å². The fourth-order valence-corrected chi connectivity index (χ4v) is 4.76. The third-order valence-corrected chi connectivity index (χ3v) is 7.08. The van der Waals surface area contributed by atoms with E-state index in [0.29, 0.717) is 33.3 Å². The van der Waals surface area contributed by atoms with Gasteiger partial charge in [-0.25, -0.2) is 0 Å². The number of carbonyl (C=O) groups excluding carboxylic acids is 1. The molecule has 9 heteroatoms. The molecule has 0 radical (unpaired) electrons. The summed E-state index contributed by atoms with van der Waals surface area (Å²) in [6.07, 6.45) is 0. The molecule has 1 heterocycles. The summed E-state index contributed by atoms with van der Waals surface area (Å²) < 4.78 is 7.55. The van der Waals surface area contributed by atoms with Crippen LogP contribution in [0.2, 0.25) is 10.0 Å². The van der Waals surface area contributed by atoms with Gasteiger partial charge in [0.15, 0.2) is 11.0 Å². The molecule has 0 fully saturated rings. The Balaban J connectivity index is 1.63. The van der Waals surface area contributed by atoms with Crippen LogP contribution in [0.4, 0.5) is 5.69 Å². The molecule has 0 atom stereocenters. The Morgan fingerprint density at radius 2 is 1.70 bits per heavy atom. The summed E-state index contributed by atoms with van der Waals surface area (Å²) in [5.74, 6) is 1.35. The molecule has 192 valence electrons. The number of hydrogen-bond acceptors (Lipinski definition) is 5. The number of nitrogens with one attached hydrogen (secondary N) is 1. The predicted molar refractivity (Wildman–Crippen MR) is 152 cm³/mol. The first-order valence-corrected chi connectivity index (χ1v) is 13.6. The number of carbonyl (C=O) groups is 1. The van der Waals surface area contributed by atoms with Gasteiger partial charge in [-0.05, 0) is 60.4 Å². The maximum absolute atomic E-state index is 12.7. The van der Waals surface area contributed by atoms with Crippen LogP contribution in [-0.4, -0.2) is 33.0 Å². The van der Waals surface area contributed by atoms with Crippen molar-refractivity contribution in [3.8, 4) is 22.8 Å². The van der Waals surface area contributed by atoms with Gasteiger partial charge >= 0.3 is 0 Å². The molecule has 6 nitrogen and oxygen atoms in total. The predicted octanol–water partition coefficient (Wildman–Crippen LogP) is 7.67. The van der Waals surface area contributed by atoms with Crippen molar-refractivity contribution in [3.63, 3.8) is 0 Å². The quantitative estimate of drug-likeness (QED) is 0.226. The Hall–Kier alpha value is -3.00. The minimum Gasteiger partial charge on any atom is -0.494 e.